The predicted molar refractivity (Wildman–Crippen MR) is 112 cm³/mol. The predicted octanol–water partition coefficient (Wildman–Crippen LogP) is 6.09. The first kappa shape index (κ1) is 19.3. The first-order chi connectivity index (χ1) is 12.8. The molecule has 0 atom stereocenters. The smallest absolute Gasteiger partial charge is 0.325 e. The van der Waals surface area contributed by atoms with Crippen molar-refractivity contribution >= 4 is 52.6 Å². The molecule has 1 fully saturated rings. The largest absolute Gasteiger partial charge is 0.340 e. The van der Waals surface area contributed by atoms with Crippen molar-refractivity contribution in [2.45, 2.75) is 32.2 Å². The van der Waals surface area contributed by atoms with Gasteiger partial charge in [-0.2, -0.15) is 0 Å². The van der Waals surface area contributed by atoms with Crippen molar-refractivity contribution in [3.05, 3.63) is 46.4 Å². The highest BCUT2D eigenvalue weighted by molar-refractivity contribution is 7.51. The van der Waals surface area contributed by atoms with Crippen molar-refractivity contribution in [1.29, 1.82) is 0 Å². The van der Waals surface area contributed by atoms with E-state index >= 15 is 0 Å². The zero-order valence-electron chi connectivity index (χ0n) is 14.8. The maximum absolute atomic E-state index is 11.3. The number of rotatable bonds is 4. The van der Waals surface area contributed by atoms with E-state index in [0.717, 1.165) is 54.0 Å². The van der Waals surface area contributed by atoms with Crippen LogP contribution in [0.25, 0.3) is 21.8 Å². The van der Waals surface area contributed by atoms with Gasteiger partial charge < -0.3 is 14.4 Å². The lowest BCUT2D eigenvalue weighted by molar-refractivity contribution is 0.259. The number of aromatic nitrogens is 1. The van der Waals surface area contributed by atoms with Gasteiger partial charge in [0.15, 0.2) is 0 Å². The van der Waals surface area contributed by atoms with Crippen LogP contribution < -0.4 is 0 Å². The third-order valence-corrected chi connectivity index (χ3v) is 7.15. The van der Waals surface area contributed by atoms with Gasteiger partial charge in [0.05, 0.1) is 6.16 Å². The Morgan fingerprint density at radius 3 is 1.85 bits per heavy atom. The molecule has 0 spiro atoms. The van der Waals surface area contributed by atoms with Crippen LogP contribution in [-0.4, -0.2) is 20.5 Å². The summed E-state index contributed by atoms with van der Waals surface area (Å²) in [6.07, 6.45) is 3.77. The Morgan fingerprint density at radius 1 is 0.889 bits per heavy atom. The molecule has 1 aromatic heterocycles. The van der Waals surface area contributed by atoms with E-state index in [-0.39, 0.29) is 12.1 Å². The molecule has 0 unspecified atom stereocenters. The molecule has 2 aromatic carbocycles. The Labute approximate surface area is 168 Å². The van der Waals surface area contributed by atoms with Crippen LogP contribution in [0.1, 0.15) is 25.7 Å². The second-order valence-electron chi connectivity index (χ2n) is 7.67. The average molecular weight is 426 g/mol. The van der Waals surface area contributed by atoms with Crippen molar-refractivity contribution in [2.75, 3.05) is 6.16 Å². The van der Waals surface area contributed by atoms with Crippen LogP contribution >= 0.6 is 30.8 Å². The van der Waals surface area contributed by atoms with Gasteiger partial charge in [-0.1, -0.05) is 23.2 Å². The molecule has 1 saturated carbocycles. The van der Waals surface area contributed by atoms with Gasteiger partial charge in [0, 0.05) is 38.4 Å². The molecule has 0 aliphatic heterocycles. The molecule has 0 saturated heterocycles. The van der Waals surface area contributed by atoms with E-state index in [2.05, 4.69) is 16.7 Å². The zero-order chi connectivity index (χ0) is 19.2. The third-order valence-electron chi connectivity index (χ3n) is 5.69. The van der Waals surface area contributed by atoms with Crippen LogP contribution in [0.2, 0.25) is 10.0 Å². The molecule has 4 rings (SSSR count). The molecule has 2 N–H and O–H groups in total. The SMILES string of the molecule is O=P(O)(O)CC1CCC(Cn2c3ccc(Cl)cc3c3cc(Cl)ccc32)CC1. The molecule has 1 heterocycles. The second-order valence-corrected chi connectivity index (χ2v) is 10.2. The van der Waals surface area contributed by atoms with Gasteiger partial charge >= 0.3 is 7.60 Å². The van der Waals surface area contributed by atoms with Crippen molar-refractivity contribution in [2.24, 2.45) is 11.8 Å². The summed E-state index contributed by atoms with van der Waals surface area (Å²) >= 11 is 12.4. The number of hydrogen-bond donors (Lipinski definition) is 2. The van der Waals surface area contributed by atoms with Crippen LogP contribution in [0.15, 0.2) is 36.4 Å². The molecule has 4 nitrogen and oxygen atoms in total. The molecule has 144 valence electrons. The lowest BCUT2D eigenvalue weighted by Crippen LogP contribution is -2.21. The number of fused-ring (bicyclic) bond motifs is 3. The van der Waals surface area contributed by atoms with Gasteiger partial charge in [0.25, 0.3) is 0 Å². The van der Waals surface area contributed by atoms with Crippen LogP contribution in [-0.2, 0) is 11.1 Å². The van der Waals surface area contributed by atoms with Gasteiger partial charge in [-0.05, 0) is 73.9 Å². The van der Waals surface area contributed by atoms with E-state index in [9.17, 15) is 14.4 Å². The standard InChI is InChI=1S/C20H22Cl2NO3P/c21-15-5-7-19-17(9-15)18-10-16(22)6-8-20(18)23(19)11-13-1-3-14(4-2-13)12-27(24,25)26/h5-10,13-14H,1-4,11-12H2,(H2,24,25,26). The fraction of sp³-hybridized carbons (Fsp3) is 0.400. The maximum atomic E-state index is 11.3. The summed E-state index contributed by atoms with van der Waals surface area (Å²) in [6.45, 7) is 0.895. The first-order valence-corrected chi connectivity index (χ1v) is 11.8. The summed E-state index contributed by atoms with van der Waals surface area (Å²) < 4.78 is 13.6. The molecule has 0 bridgehead atoms. The molecular weight excluding hydrogens is 404 g/mol. The summed E-state index contributed by atoms with van der Waals surface area (Å²) in [5.41, 5.74) is 2.29. The summed E-state index contributed by atoms with van der Waals surface area (Å²) in [6, 6.07) is 11.9. The fourth-order valence-electron chi connectivity index (χ4n) is 4.44. The normalized spacial score (nSPS) is 21.2. The third kappa shape index (κ3) is 4.21. The molecule has 27 heavy (non-hydrogen) atoms. The molecule has 1 aliphatic rings. The van der Waals surface area contributed by atoms with Gasteiger partial charge in [-0.25, -0.2) is 0 Å². The molecule has 0 amide bonds. The molecule has 1 aliphatic carbocycles. The van der Waals surface area contributed by atoms with E-state index in [4.69, 9.17) is 23.2 Å². The number of halogens is 2. The average Bonchev–Trinajstić information content (AvgIpc) is 2.88. The fourth-order valence-corrected chi connectivity index (χ4v) is 5.82. The molecular formula is C20H22Cl2NO3P. The number of benzene rings is 2. The number of nitrogens with zero attached hydrogens (tertiary/aromatic N) is 1. The molecule has 7 heteroatoms. The topological polar surface area (TPSA) is 62.5 Å². The van der Waals surface area contributed by atoms with E-state index in [0.29, 0.717) is 16.0 Å². The van der Waals surface area contributed by atoms with Gasteiger partial charge in [0.2, 0.25) is 0 Å². The Hall–Kier alpha value is -1.03. The zero-order valence-corrected chi connectivity index (χ0v) is 17.2. The van der Waals surface area contributed by atoms with Crippen LogP contribution in [0.4, 0.5) is 0 Å². The summed E-state index contributed by atoms with van der Waals surface area (Å²) in [5, 5.41) is 3.63. The summed E-state index contributed by atoms with van der Waals surface area (Å²) in [4.78, 5) is 18.4. The summed E-state index contributed by atoms with van der Waals surface area (Å²) in [5.74, 6) is 0.640. The van der Waals surface area contributed by atoms with Crippen LogP contribution in [0.3, 0.4) is 0 Å². The second kappa shape index (κ2) is 7.42. The minimum atomic E-state index is -3.92. The first-order valence-electron chi connectivity index (χ1n) is 9.22. The Balaban J connectivity index is 1.62. The lowest BCUT2D eigenvalue weighted by atomic mass is 9.83. The van der Waals surface area contributed by atoms with Gasteiger partial charge in [0.1, 0.15) is 0 Å². The Morgan fingerprint density at radius 2 is 1.37 bits per heavy atom. The highest BCUT2D eigenvalue weighted by Crippen LogP contribution is 2.43. The minimum absolute atomic E-state index is 0.0199. The van der Waals surface area contributed by atoms with Crippen LogP contribution in [0, 0.1) is 11.8 Å². The quantitative estimate of drug-likeness (QED) is 0.497. The van der Waals surface area contributed by atoms with Crippen molar-refractivity contribution in [3.8, 4) is 0 Å². The van der Waals surface area contributed by atoms with E-state index < -0.39 is 7.60 Å². The highest BCUT2D eigenvalue weighted by atomic mass is 35.5. The Kier molecular flexibility index (Phi) is 5.30. The van der Waals surface area contributed by atoms with Crippen molar-refractivity contribution < 1.29 is 14.4 Å². The van der Waals surface area contributed by atoms with Crippen molar-refractivity contribution in [1.82, 2.24) is 4.57 Å². The lowest BCUT2D eigenvalue weighted by Gasteiger charge is -2.29. The molecule has 0 radical (unpaired) electrons. The van der Waals surface area contributed by atoms with E-state index in [1.165, 1.54) is 0 Å². The maximum Gasteiger partial charge on any atom is 0.325 e. The minimum Gasteiger partial charge on any atom is -0.340 e. The van der Waals surface area contributed by atoms with Crippen LogP contribution in [0.5, 0.6) is 0 Å². The van der Waals surface area contributed by atoms with Crippen molar-refractivity contribution in [3.63, 3.8) is 0 Å². The number of hydrogen-bond acceptors (Lipinski definition) is 1. The van der Waals surface area contributed by atoms with E-state index in [1.807, 2.05) is 24.3 Å². The highest BCUT2D eigenvalue weighted by Gasteiger charge is 2.27. The molecule has 3 aromatic rings. The summed E-state index contributed by atoms with van der Waals surface area (Å²) in [7, 11) is -3.92. The van der Waals surface area contributed by atoms with E-state index in [1.54, 1.807) is 0 Å². The van der Waals surface area contributed by atoms with Gasteiger partial charge in [-0.15, -0.1) is 0 Å². The Bertz CT molecular complexity index is 975. The van der Waals surface area contributed by atoms with Gasteiger partial charge in [-0.3, -0.25) is 4.57 Å². The monoisotopic (exact) mass is 425 g/mol.